The van der Waals surface area contributed by atoms with E-state index in [-0.39, 0.29) is 35.0 Å². The number of carbonyl (C=O) groups excluding carboxylic acids is 1. The largest absolute Gasteiger partial charge is 0.404 e. The van der Waals surface area contributed by atoms with Gasteiger partial charge < -0.3 is 11.1 Å². The van der Waals surface area contributed by atoms with Crippen molar-refractivity contribution in [2.24, 2.45) is 21.9 Å². The Bertz CT molecular complexity index is 1110. The number of carbonyl (C=O) groups is 1. The van der Waals surface area contributed by atoms with Crippen LogP contribution in [-0.2, 0) is 0 Å². The van der Waals surface area contributed by atoms with E-state index in [0.29, 0.717) is 16.7 Å². The summed E-state index contributed by atoms with van der Waals surface area (Å²) in [6.45, 7) is 9.14. The van der Waals surface area contributed by atoms with Crippen LogP contribution in [0.25, 0.3) is 5.57 Å². The zero-order valence-electron chi connectivity index (χ0n) is 19.3. The Morgan fingerprint density at radius 1 is 1.24 bits per heavy atom. The Morgan fingerprint density at radius 2 is 1.94 bits per heavy atom. The van der Waals surface area contributed by atoms with E-state index >= 15 is 0 Å². The van der Waals surface area contributed by atoms with Crippen LogP contribution >= 0.6 is 0 Å². The van der Waals surface area contributed by atoms with Crippen LogP contribution in [-0.4, -0.2) is 29.0 Å². The van der Waals surface area contributed by atoms with Gasteiger partial charge in [-0.1, -0.05) is 25.1 Å². The fourth-order valence-corrected chi connectivity index (χ4v) is 2.86. The standard InChI is InChI=1S/C23H29FN8O/c1-13(2)22(26)32(31-27)21-8-6-7-20(29-21)30-23(33)18-10-17(15(5)9-19(18)24)16(11-25)12-28-14(3)4/h6-14,26-27H,25H2,1-5H3,(H,29,30,33)/b16-11+,26-22?,28-12?,31-27?. The highest BCUT2D eigenvalue weighted by atomic mass is 19.1. The van der Waals surface area contributed by atoms with Crippen LogP contribution in [0.2, 0.25) is 0 Å². The minimum atomic E-state index is -0.705. The van der Waals surface area contributed by atoms with Gasteiger partial charge in [-0.2, -0.15) is 10.5 Å². The van der Waals surface area contributed by atoms with Crippen molar-refractivity contribution in [3.05, 3.63) is 59.0 Å². The molecule has 0 saturated carbocycles. The molecule has 0 aliphatic rings. The lowest BCUT2D eigenvalue weighted by Crippen LogP contribution is -2.29. The lowest BCUT2D eigenvalue weighted by atomic mass is 9.98. The van der Waals surface area contributed by atoms with E-state index < -0.39 is 11.7 Å². The Balaban J connectivity index is 2.38. The van der Waals surface area contributed by atoms with E-state index in [1.165, 1.54) is 24.4 Å². The van der Waals surface area contributed by atoms with E-state index in [1.807, 2.05) is 13.8 Å². The van der Waals surface area contributed by atoms with E-state index in [1.54, 1.807) is 39.1 Å². The van der Waals surface area contributed by atoms with Gasteiger partial charge in [-0.3, -0.25) is 15.2 Å². The maximum absolute atomic E-state index is 14.7. The van der Waals surface area contributed by atoms with Crippen molar-refractivity contribution in [2.75, 3.05) is 10.3 Å². The molecule has 0 unspecified atom stereocenters. The average molecular weight is 453 g/mol. The number of nitrogens with two attached hydrogens (primary N) is 1. The van der Waals surface area contributed by atoms with E-state index in [4.69, 9.17) is 16.7 Å². The molecule has 10 heteroatoms. The number of halogens is 1. The summed E-state index contributed by atoms with van der Waals surface area (Å²) in [7, 11) is 0. The molecule has 1 heterocycles. The second-order valence-corrected chi connectivity index (χ2v) is 7.93. The molecule has 2 aromatic rings. The highest BCUT2D eigenvalue weighted by Gasteiger charge is 2.19. The van der Waals surface area contributed by atoms with Crippen LogP contribution in [0.4, 0.5) is 16.0 Å². The van der Waals surface area contributed by atoms with Crippen molar-refractivity contribution in [1.29, 1.82) is 10.9 Å². The predicted octanol–water partition coefficient (Wildman–Crippen LogP) is 4.95. The zero-order valence-corrected chi connectivity index (χ0v) is 19.3. The number of rotatable bonds is 8. The Morgan fingerprint density at radius 3 is 2.52 bits per heavy atom. The van der Waals surface area contributed by atoms with E-state index in [0.717, 1.165) is 5.01 Å². The normalized spacial score (nSPS) is 11.8. The third-order valence-electron chi connectivity index (χ3n) is 4.63. The topological polar surface area (TPSA) is 144 Å². The molecule has 2 rings (SSSR count). The Labute approximate surface area is 192 Å². The first kappa shape index (κ1) is 25.3. The number of aromatic nitrogens is 1. The molecular weight excluding hydrogens is 423 g/mol. The van der Waals surface area contributed by atoms with Crippen molar-refractivity contribution in [3.63, 3.8) is 0 Å². The van der Waals surface area contributed by atoms with E-state index in [9.17, 15) is 9.18 Å². The Hall–Kier alpha value is -3.95. The summed E-state index contributed by atoms with van der Waals surface area (Å²) < 4.78 is 14.7. The molecule has 0 fully saturated rings. The summed E-state index contributed by atoms with van der Waals surface area (Å²) in [5.74, 6) is -1.21. The van der Waals surface area contributed by atoms with Gasteiger partial charge >= 0.3 is 0 Å². The predicted molar refractivity (Wildman–Crippen MR) is 129 cm³/mol. The molecule has 0 bridgehead atoms. The number of nitrogens with one attached hydrogen (secondary N) is 3. The van der Waals surface area contributed by atoms with Crippen molar-refractivity contribution in [1.82, 2.24) is 4.98 Å². The molecular formula is C23H29FN8O. The Kier molecular flexibility index (Phi) is 8.49. The third-order valence-corrected chi connectivity index (χ3v) is 4.63. The highest BCUT2D eigenvalue weighted by Crippen LogP contribution is 2.23. The van der Waals surface area contributed by atoms with Crippen LogP contribution in [0.5, 0.6) is 0 Å². The van der Waals surface area contributed by atoms with Gasteiger partial charge in [0.05, 0.1) is 5.56 Å². The second-order valence-electron chi connectivity index (χ2n) is 7.93. The number of allylic oxidation sites excluding steroid dienone is 1. The first-order chi connectivity index (χ1) is 15.6. The van der Waals surface area contributed by atoms with Gasteiger partial charge in [-0.05, 0) is 56.2 Å². The molecule has 5 N–H and O–H groups in total. The molecule has 0 aliphatic carbocycles. The molecule has 0 radical (unpaired) electrons. The monoisotopic (exact) mass is 452 g/mol. The summed E-state index contributed by atoms with van der Waals surface area (Å²) in [6, 6.07) is 7.42. The first-order valence-electron chi connectivity index (χ1n) is 10.4. The number of hydrogen-bond donors (Lipinski definition) is 4. The molecule has 1 aromatic heterocycles. The van der Waals surface area contributed by atoms with Gasteiger partial charge in [0.2, 0.25) is 0 Å². The lowest BCUT2D eigenvalue weighted by molar-refractivity contribution is 0.102. The maximum atomic E-state index is 14.7. The van der Waals surface area contributed by atoms with Gasteiger partial charge in [0.1, 0.15) is 17.5 Å². The van der Waals surface area contributed by atoms with Gasteiger partial charge in [-0.25, -0.2) is 9.37 Å². The van der Waals surface area contributed by atoms with Crippen molar-refractivity contribution >= 4 is 35.2 Å². The number of amides is 1. The van der Waals surface area contributed by atoms with Crippen LogP contribution in [0.1, 0.15) is 49.2 Å². The van der Waals surface area contributed by atoms with Crippen LogP contribution < -0.4 is 16.1 Å². The maximum Gasteiger partial charge on any atom is 0.259 e. The number of nitrogens with zero attached hydrogens (tertiary/aromatic N) is 4. The quantitative estimate of drug-likeness (QED) is 0.194. The number of anilines is 2. The number of amidine groups is 1. The molecule has 1 amide bonds. The van der Waals surface area contributed by atoms with Gasteiger partial charge in [0.15, 0.2) is 5.82 Å². The summed E-state index contributed by atoms with van der Waals surface area (Å²) in [5, 5.41) is 15.0. The van der Waals surface area contributed by atoms with Crippen LogP contribution in [0.3, 0.4) is 0 Å². The first-order valence-corrected chi connectivity index (χ1v) is 10.4. The van der Waals surface area contributed by atoms with Crippen LogP contribution in [0, 0.1) is 29.6 Å². The summed E-state index contributed by atoms with van der Waals surface area (Å²) in [6.07, 6.45) is 2.96. The second kappa shape index (κ2) is 11.1. The molecule has 0 atom stereocenters. The van der Waals surface area contributed by atoms with Crippen LogP contribution in [0.15, 0.2) is 46.7 Å². The summed E-state index contributed by atoms with van der Waals surface area (Å²) in [4.78, 5) is 21.4. The van der Waals surface area contributed by atoms with Crippen molar-refractivity contribution in [2.45, 2.75) is 40.7 Å². The highest BCUT2D eigenvalue weighted by molar-refractivity contribution is 6.12. The minimum absolute atomic E-state index is 0.0500. The van der Waals surface area contributed by atoms with E-state index in [2.05, 4.69) is 20.5 Å². The van der Waals surface area contributed by atoms with Crippen molar-refractivity contribution in [3.8, 4) is 0 Å². The fourth-order valence-electron chi connectivity index (χ4n) is 2.86. The number of hydrogen-bond acceptors (Lipinski definition) is 7. The molecule has 9 nitrogen and oxygen atoms in total. The SMILES string of the molecule is Cc1cc(F)c(C(=O)Nc2cccc(N(N=N)C(=N)C(C)C)n2)cc1/C(C=NC(C)C)=C/N. The summed E-state index contributed by atoms with van der Waals surface area (Å²) >= 11 is 0. The minimum Gasteiger partial charge on any atom is -0.404 e. The molecule has 0 saturated heterocycles. The number of pyridine rings is 1. The number of benzene rings is 1. The van der Waals surface area contributed by atoms with Gasteiger partial charge in [0.25, 0.3) is 5.91 Å². The number of aliphatic imine (C=N–C) groups is 1. The molecule has 33 heavy (non-hydrogen) atoms. The lowest BCUT2D eigenvalue weighted by Gasteiger charge is -2.19. The van der Waals surface area contributed by atoms with Crippen molar-refractivity contribution < 1.29 is 9.18 Å². The smallest absolute Gasteiger partial charge is 0.259 e. The fraction of sp³-hybridized carbons (Fsp3) is 0.304. The van der Waals surface area contributed by atoms with Gasteiger partial charge in [-0.15, -0.1) is 0 Å². The number of aryl methyl sites for hydroxylation is 1. The third kappa shape index (κ3) is 6.28. The molecule has 174 valence electrons. The molecule has 0 spiro atoms. The average Bonchev–Trinajstić information content (AvgIpc) is 2.75. The summed E-state index contributed by atoms with van der Waals surface area (Å²) in [5.41, 5.74) is 14.7. The molecule has 0 aliphatic heterocycles. The van der Waals surface area contributed by atoms with Gasteiger partial charge in [0, 0.05) is 29.9 Å². The molecule has 1 aromatic carbocycles. The zero-order chi connectivity index (χ0) is 24.7.